The predicted octanol–water partition coefficient (Wildman–Crippen LogP) is 5.09. The Morgan fingerprint density at radius 3 is 2.14 bits per heavy atom. The lowest BCUT2D eigenvalue weighted by atomic mass is 9.82. The highest BCUT2D eigenvalue weighted by molar-refractivity contribution is 5.65. The van der Waals surface area contributed by atoms with Crippen LogP contribution in [0.5, 0.6) is 0 Å². The van der Waals surface area contributed by atoms with Gasteiger partial charge in [0, 0.05) is 6.04 Å². The molecule has 2 aromatic carbocycles. The number of halogens is 1. The summed E-state index contributed by atoms with van der Waals surface area (Å²) >= 11 is 0. The van der Waals surface area contributed by atoms with Gasteiger partial charge in [0.2, 0.25) is 0 Å². The Morgan fingerprint density at radius 1 is 0.909 bits per heavy atom. The van der Waals surface area contributed by atoms with Gasteiger partial charge in [0.25, 0.3) is 0 Å². The molecule has 0 aliphatic heterocycles. The van der Waals surface area contributed by atoms with Crippen molar-refractivity contribution in [1.82, 2.24) is 0 Å². The van der Waals surface area contributed by atoms with E-state index in [2.05, 4.69) is 30.3 Å². The van der Waals surface area contributed by atoms with Crippen molar-refractivity contribution in [3.05, 3.63) is 58.9 Å². The minimum absolute atomic E-state index is 0.125. The number of hydrogen-bond donors (Lipinski definition) is 1. The molecular weight excluding hydrogens is 273 g/mol. The molecule has 3 rings (SSSR count). The van der Waals surface area contributed by atoms with E-state index >= 15 is 0 Å². The van der Waals surface area contributed by atoms with E-state index in [4.69, 9.17) is 5.73 Å². The molecule has 2 N–H and O–H groups in total. The van der Waals surface area contributed by atoms with E-state index in [-0.39, 0.29) is 5.82 Å². The quantitative estimate of drug-likeness (QED) is 0.820. The number of hydrogen-bond acceptors (Lipinski definition) is 1. The Bertz CT molecular complexity index is 629. The summed E-state index contributed by atoms with van der Waals surface area (Å²) in [6.07, 6.45) is 4.60. The second kappa shape index (κ2) is 6.21. The maximum atomic E-state index is 13.9. The summed E-state index contributed by atoms with van der Waals surface area (Å²) in [7, 11) is 0. The Hall–Kier alpha value is -1.67. The monoisotopic (exact) mass is 297 g/mol. The summed E-state index contributed by atoms with van der Waals surface area (Å²) in [4.78, 5) is 0. The van der Waals surface area contributed by atoms with Gasteiger partial charge < -0.3 is 5.73 Å². The fraction of sp³-hybridized carbons (Fsp3) is 0.400. The smallest absolute Gasteiger partial charge is 0.126 e. The standard InChI is InChI=1S/C20H24FN/c1-13-11-18(12-20(21)14(13)2)17-5-3-15(4-6-17)16-7-9-19(22)10-8-16/h3-6,11-12,16,19H,7-10,22H2,1-2H3. The summed E-state index contributed by atoms with van der Waals surface area (Å²) in [6.45, 7) is 3.78. The highest BCUT2D eigenvalue weighted by Crippen LogP contribution is 2.33. The van der Waals surface area contributed by atoms with Gasteiger partial charge in [-0.05, 0) is 79.3 Å². The van der Waals surface area contributed by atoms with Crippen LogP contribution >= 0.6 is 0 Å². The van der Waals surface area contributed by atoms with Gasteiger partial charge in [0.15, 0.2) is 0 Å². The summed E-state index contributed by atoms with van der Waals surface area (Å²) in [6, 6.07) is 12.7. The molecule has 0 unspecified atom stereocenters. The van der Waals surface area contributed by atoms with Gasteiger partial charge in [-0.3, -0.25) is 0 Å². The van der Waals surface area contributed by atoms with Crippen molar-refractivity contribution < 1.29 is 4.39 Å². The normalized spacial score (nSPS) is 21.8. The van der Waals surface area contributed by atoms with Gasteiger partial charge in [-0.1, -0.05) is 30.3 Å². The summed E-state index contributed by atoms with van der Waals surface area (Å²) < 4.78 is 13.9. The van der Waals surface area contributed by atoms with Gasteiger partial charge in [0.1, 0.15) is 5.82 Å². The molecule has 22 heavy (non-hydrogen) atoms. The van der Waals surface area contributed by atoms with Gasteiger partial charge >= 0.3 is 0 Å². The van der Waals surface area contributed by atoms with Crippen LogP contribution < -0.4 is 5.73 Å². The van der Waals surface area contributed by atoms with E-state index in [9.17, 15) is 4.39 Å². The van der Waals surface area contributed by atoms with Crippen LogP contribution in [0.2, 0.25) is 0 Å². The van der Waals surface area contributed by atoms with Gasteiger partial charge in [-0.25, -0.2) is 4.39 Å². The highest BCUT2D eigenvalue weighted by Gasteiger charge is 2.19. The van der Waals surface area contributed by atoms with Crippen molar-refractivity contribution >= 4 is 0 Å². The minimum atomic E-state index is -0.125. The van der Waals surface area contributed by atoms with E-state index in [0.717, 1.165) is 35.1 Å². The van der Waals surface area contributed by atoms with Crippen molar-refractivity contribution in [3.63, 3.8) is 0 Å². The molecule has 1 saturated carbocycles. The molecular formula is C20H24FN. The zero-order valence-electron chi connectivity index (χ0n) is 13.4. The molecule has 2 heteroatoms. The predicted molar refractivity (Wildman–Crippen MR) is 90.5 cm³/mol. The van der Waals surface area contributed by atoms with E-state index in [1.807, 2.05) is 13.8 Å². The van der Waals surface area contributed by atoms with Gasteiger partial charge in [-0.15, -0.1) is 0 Å². The second-order valence-corrected chi connectivity index (χ2v) is 6.63. The maximum absolute atomic E-state index is 13.9. The third-order valence-electron chi connectivity index (χ3n) is 5.09. The lowest BCUT2D eigenvalue weighted by Crippen LogP contribution is -2.25. The van der Waals surface area contributed by atoms with Crippen LogP contribution in [0.15, 0.2) is 36.4 Å². The fourth-order valence-corrected chi connectivity index (χ4v) is 3.38. The first-order valence-corrected chi connectivity index (χ1v) is 8.17. The molecule has 0 aromatic heterocycles. The third-order valence-corrected chi connectivity index (χ3v) is 5.09. The molecule has 1 fully saturated rings. The Kier molecular flexibility index (Phi) is 4.30. The average molecular weight is 297 g/mol. The Labute approximate surface area is 132 Å². The average Bonchev–Trinajstić information content (AvgIpc) is 2.53. The second-order valence-electron chi connectivity index (χ2n) is 6.63. The van der Waals surface area contributed by atoms with Crippen LogP contribution in [0, 0.1) is 19.7 Å². The van der Waals surface area contributed by atoms with Crippen molar-refractivity contribution in [3.8, 4) is 11.1 Å². The van der Waals surface area contributed by atoms with Crippen LogP contribution in [0.25, 0.3) is 11.1 Å². The van der Waals surface area contributed by atoms with Crippen LogP contribution in [0.1, 0.15) is 48.3 Å². The SMILES string of the molecule is Cc1cc(-c2ccc(C3CCC(N)CC3)cc2)cc(F)c1C. The molecule has 0 bridgehead atoms. The Balaban J connectivity index is 1.82. The van der Waals surface area contributed by atoms with E-state index in [1.54, 1.807) is 6.07 Å². The lowest BCUT2D eigenvalue weighted by molar-refractivity contribution is 0.395. The molecule has 0 saturated heterocycles. The summed E-state index contributed by atoms with van der Waals surface area (Å²) in [5, 5.41) is 0. The lowest BCUT2D eigenvalue weighted by Gasteiger charge is -2.26. The number of nitrogens with two attached hydrogens (primary N) is 1. The Morgan fingerprint density at radius 2 is 1.55 bits per heavy atom. The summed E-state index contributed by atoms with van der Waals surface area (Å²) in [5.74, 6) is 0.505. The molecule has 1 nitrogen and oxygen atoms in total. The van der Waals surface area contributed by atoms with E-state index < -0.39 is 0 Å². The van der Waals surface area contributed by atoms with Crippen molar-refractivity contribution in [2.45, 2.75) is 51.5 Å². The van der Waals surface area contributed by atoms with Gasteiger partial charge in [-0.2, -0.15) is 0 Å². The molecule has 2 aromatic rings. The van der Waals surface area contributed by atoms with E-state index in [1.165, 1.54) is 18.4 Å². The van der Waals surface area contributed by atoms with Crippen LogP contribution in [0.4, 0.5) is 4.39 Å². The molecule has 0 radical (unpaired) electrons. The van der Waals surface area contributed by atoms with Crippen molar-refractivity contribution in [2.75, 3.05) is 0 Å². The zero-order valence-corrected chi connectivity index (χ0v) is 13.4. The molecule has 116 valence electrons. The largest absolute Gasteiger partial charge is 0.328 e. The van der Waals surface area contributed by atoms with Gasteiger partial charge in [0.05, 0.1) is 0 Å². The molecule has 0 atom stereocenters. The summed E-state index contributed by atoms with van der Waals surface area (Å²) in [5.41, 5.74) is 11.1. The topological polar surface area (TPSA) is 26.0 Å². The van der Waals surface area contributed by atoms with Crippen LogP contribution in [-0.2, 0) is 0 Å². The van der Waals surface area contributed by atoms with Crippen LogP contribution in [0.3, 0.4) is 0 Å². The zero-order chi connectivity index (χ0) is 15.7. The molecule has 0 heterocycles. The number of rotatable bonds is 2. The first kappa shape index (κ1) is 15.2. The minimum Gasteiger partial charge on any atom is -0.328 e. The van der Waals surface area contributed by atoms with E-state index in [0.29, 0.717) is 12.0 Å². The third kappa shape index (κ3) is 3.07. The first-order chi connectivity index (χ1) is 10.5. The number of aryl methyl sites for hydroxylation is 1. The van der Waals surface area contributed by atoms with Crippen molar-refractivity contribution in [2.24, 2.45) is 5.73 Å². The highest BCUT2D eigenvalue weighted by atomic mass is 19.1. The maximum Gasteiger partial charge on any atom is 0.126 e. The molecule has 0 amide bonds. The number of benzene rings is 2. The molecule has 1 aliphatic carbocycles. The first-order valence-electron chi connectivity index (χ1n) is 8.17. The fourth-order valence-electron chi connectivity index (χ4n) is 3.38. The van der Waals surface area contributed by atoms with Crippen molar-refractivity contribution in [1.29, 1.82) is 0 Å². The van der Waals surface area contributed by atoms with Crippen LogP contribution in [-0.4, -0.2) is 6.04 Å². The molecule has 0 spiro atoms. The molecule has 1 aliphatic rings.